The van der Waals surface area contributed by atoms with Gasteiger partial charge in [0.1, 0.15) is 0 Å². The fourth-order valence-corrected chi connectivity index (χ4v) is 11.4. The van der Waals surface area contributed by atoms with E-state index in [1.807, 2.05) is 0 Å². The van der Waals surface area contributed by atoms with Crippen LogP contribution in [-0.4, -0.2) is 11.3 Å². The van der Waals surface area contributed by atoms with Gasteiger partial charge in [-0.3, -0.25) is 0 Å². The summed E-state index contributed by atoms with van der Waals surface area (Å²) >= 11 is 0. The molecule has 0 saturated carbocycles. The average Bonchev–Trinajstić information content (AvgIpc) is 2.88. The van der Waals surface area contributed by atoms with Crippen LogP contribution in [0, 0.1) is 0 Å². The Hall–Kier alpha value is -2.26. The van der Waals surface area contributed by atoms with E-state index in [2.05, 4.69) is 135 Å². The summed E-state index contributed by atoms with van der Waals surface area (Å²) in [5.41, 5.74) is 1.23. The van der Waals surface area contributed by atoms with Crippen LogP contribution < -0.4 is 21.2 Å². The van der Waals surface area contributed by atoms with E-state index in [1.165, 1.54) is 34.1 Å². The van der Waals surface area contributed by atoms with Gasteiger partial charge in [0.15, 0.2) is 0 Å². The van der Waals surface area contributed by atoms with Crippen LogP contribution in [0.2, 0.25) is 0 Å². The molecule has 0 saturated heterocycles. The predicted molar refractivity (Wildman–Crippen MR) is 146 cm³/mol. The molecule has 0 bridgehead atoms. The first-order valence-electron chi connectivity index (χ1n) is 11.6. The highest BCUT2D eigenvalue weighted by Gasteiger charge is 2.35. The quantitative estimate of drug-likeness (QED) is 0.244. The molecule has 0 spiro atoms. The average molecular weight is 455 g/mol. The van der Waals surface area contributed by atoms with Gasteiger partial charge in [-0.2, -0.15) is 0 Å². The molecule has 0 aromatic heterocycles. The van der Waals surface area contributed by atoms with Crippen LogP contribution in [0.1, 0.15) is 26.7 Å². The Morgan fingerprint density at radius 3 is 0.812 bits per heavy atom. The Labute approximate surface area is 196 Å². The molecule has 0 N–H and O–H groups in total. The molecule has 0 aliphatic heterocycles. The second kappa shape index (κ2) is 11.6. The first-order chi connectivity index (χ1) is 15.8. The molecular weight excluding hydrogens is 422 g/mol. The standard InChI is InChI=1S/C30H32P2/c1-3-29(31(25-17-9-5-10-18-25)26-19-11-6-12-20-26)30(4-2)32(27-21-13-7-14-22-27)28-23-15-8-16-24-28/h5-24,29-30H,3-4H2,1-2H3/t29-,30-/m1/s1. The highest BCUT2D eigenvalue weighted by Crippen LogP contribution is 2.53. The molecule has 4 rings (SSSR count). The predicted octanol–water partition coefficient (Wildman–Crippen LogP) is 6.81. The van der Waals surface area contributed by atoms with Gasteiger partial charge in [0.25, 0.3) is 0 Å². The van der Waals surface area contributed by atoms with Crippen LogP contribution in [0.15, 0.2) is 121 Å². The van der Waals surface area contributed by atoms with Gasteiger partial charge in [-0.15, -0.1) is 0 Å². The Morgan fingerprint density at radius 1 is 0.406 bits per heavy atom. The summed E-state index contributed by atoms with van der Waals surface area (Å²) in [4.78, 5) is 0. The van der Waals surface area contributed by atoms with E-state index < -0.39 is 15.8 Å². The largest absolute Gasteiger partial charge is 0.0647 e. The number of benzene rings is 4. The zero-order valence-corrected chi connectivity index (χ0v) is 20.8. The van der Waals surface area contributed by atoms with Crippen LogP contribution >= 0.6 is 15.8 Å². The van der Waals surface area contributed by atoms with Crippen molar-refractivity contribution in [3.8, 4) is 0 Å². The molecule has 162 valence electrons. The van der Waals surface area contributed by atoms with Gasteiger partial charge in [0.2, 0.25) is 0 Å². The molecule has 2 atom stereocenters. The molecule has 4 aromatic carbocycles. The Kier molecular flexibility index (Phi) is 8.28. The van der Waals surface area contributed by atoms with Crippen molar-refractivity contribution in [2.45, 2.75) is 38.0 Å². The summed E-state index contributed by atoms with van der Waals surface area (Å²) in [5, 5.41) is 5.98. The van der Waals surface area contributed by atoms with Gasteiger partial charge in [-0.25, -0.2) is 0 Å². The van der Waals surface area contributed by atoms with Crippen LogP contribution in [0.5, 0.6) is 0 Å². The van der Waals surface area contributed by atoms with Crippen molar-refractivity contribution in [3.05, 3.63) is 121 Å². The summed E-state index contributed by atoms with van der Waals surface area (Å²) in [6.45, 7) is 4.80. The van der Waals surface area contributed by atoms with E-state index in [1.54, 1.807) is 0 Å². The second-order valence-electron chi connectivity index (χ2n) is 8.03. The maximum absolute atomic E-state index is 2.40. The monoisotopic (exact) mass is 454 g/mol. The number of hydrogen-bond donors (Lipinski definition) is 0. The number of hydrogen-bond acceptors (Lipinski definition) is 0. The van der Waals surface area contributed by atoms with Crippen LogP contribution in [0.3, 0.4) is 0 Å². The SMILES string of the molecule is CC[C@H]([C@@H](CC)P(c1ccccc1)c1ccccc1)P(c1ccccc1)c1ccccc1. The van der Waals surface area contributed by atoms with Crippen molar-refractivity contribution in [2.24, 2.45) is 0 Å². The molecule has 0 nitrogen and oxygen atoms in total. The molecule has 0 fully saturated rings. The third-order valence-electron chi connectivity index (χ3n) is 6.08. The summed E-state index contributed by atoms with van der Waals surface area (Å²) < 4.78 is 0. The summed E-state index contributed by atoms with van der Waals surface area (Å²) in [6.07, 6.45) is 2.37. The van der Waals surface area contributed by atoms with Gasteiger partial charge in [-0.1, -0.05) is 135 Å². The van der Waals surface area contributed by atoms with Crippen molar-refractivity contribution in [3.63, 3.8) is 0 Å². The van der Waals surface area contributed by atoms with Crippen molar-refractivity contribution in [2.75, 3.05) is 0 Å². The minimum absolute atomic E-state index is 0.457. The van der Waals surface area contributed by atoms with E-state index in [-0.39, 0.29) is 0 Å². The molecule has 0 unspecified atom stereocenters. The summed E-state index contributed by atoms with van der Waals surface area (Å²) in [7, 11) is -0.913. The Bertz CT molecular complexity index is 881. The summed E-state index contributed by atoms with van der Waals surface area (Å²) in [5.74, 6) is 0. The van der Waals surface area contributed by atoms with Crippen molar-refractivity contribution in [1.29, 1.82) is 0 Å². The second-order valence-corrected chi connectivity index (χ2v) is 12.9. The smallest absolute Gasteiger partial charge is 0.00578 e. The molecular formula is C30H32P2. The lowest BCUT2D eigenvalue weighted by molar-refractivity contribution is 0.726. The van der Waals surface area contributed by atoms with Gasteiger partial charge in [0, 0.05) is 0 Å². The van der Waals surface area contributed by atoms with Gasteiger partial charge < -0.3 is 0 Å². The highest BCUT2D eigenvalue weighted by atomic mass is 31.1. The minimum atomic E-state index is -0.457. The van der Waals surface area contributed by atoms with E-state index in [9.17, 15) is 0 Å². The molecule has 4 aromatic rings. The number of rotatable bonds is 9. The Morgan fingerprint density at radius 2 is 0.625 bits per heavy atom. The molecule has 2 heteroatoms. The third-order valence-corrected chi connectivity index (χ3v) is 12.5. The summed E-state index contributed by atoms with van der Waals surface area (Å²) in [6, 6.07) is 45.0. The minimum Gasteiger partial charge on any atom is -0.0647 e. The molecule has 0 aliphatic rings. The zero-order valence-electron chi connectivity index (χ0n) is 19.0. The van der Waals surface area contributed by atoms with Crippen molar-refractivity contribution >= 4 is 37.1 Å². The van der Waals surface area contributed by atoms with Crippen LogP contribution in [0.4, 0.5) is 0 Å². The van der Waals surface area contributed by atoms with Crippen molar-refractivity contribution in [1.82, 2.24) is 0 Å². The lowest BCUT2D eigenvalue weighted by Crippen LogP contribution is -2.34. The molecule has 0 heterocycles. The maximum Gasteiger partial charge on any atom is -0.00578 e. The Balaban J connectivity index is 1.84. The van der Waals surface area contributed by atoms with E-state index in [0.717, 1.165) is 0 Å². The topological polar surface area (TPSA) is 0 Å². The van der Waals surface area contributed by atoms with Gasteiger partial charge in [-0.05, 0) is 61.2 Å². The van der Waals surface area contributed by atoms with Gasteiger partial charge in [0.05, 0.1) is 0 Å². The van der Waals surface area contributed by atoms with Crippen molar-refractivity contribution < 1.29 is 0 Å². The normalized spacial score (nSPS) is 13.2. The van der Waals surface area contributed by atoms with E-state index in [0.29, 0.717) is 11.3 Å². The first kappa shape index (κ1) is 22.9. The molecule has 32 heavy (non-hydrogen) atoms. The van der Waals surface area contributed by atoms with Crippen LogP contribution in [0.25, 0.3) is 0 Å². The molecule has 0 radical (unpaired) electrons. The third kappa shape index (κ3) is 5.20. The molecule has 0 amide bonds. The lowest BCUT2D eigenvalue weighted by Gasteiger charge is -2.39. The van der Waals surface area contributed by atoms with Gasteiger partial charge >= 0.3 is 0 Å². The molecule has 0 aliphatic carbocycles. The zero-order chi connectivity index (χ0) is 22.2. The highest BCUT2D eigenvalue weighted by molar-refractivity contribution is 7.77. The fraction of sp³-hybridized carbons (Fsp3) is 0.200. The first-order valence-corrected chi connectivity index (χ1v) is 14.4. The van der Waals surface area contributed by atoms with E-state index in [4.69, 9.17) is 0 Å². The maximum atomic E-state index is 2.40. The van der Waals surface area contributed by atoms with Crippen LogP contribution in [-0.2, 0) is 0 Å². The van der Waals surface area contributed by atoms with E-state index >= 15 is 0 Å². The lowest BCUT2D eigenvalue weighted by atomic mass is 10.2. The fourth-order valence-electron chi connectivity index (χ4n) is 4.67.